The van der Waals surface area contributed by atoms with Gasteiger partial charge in [0.1, 0.15) is 17.9 Å². The molecule has 1 aliphatic rings. The van der Waals surface area contributed by atoms with E-state index in [1.807, 2.05) is 94.7 Å². The molecule has 0 saturated carbocycles. The molecule has 7 rings (SSSR count). The number of nitrogens with two attached hydrogens (primary N) is 1. The van der Waals surface area contributed by atoms with Gasteiger partial charge in [-0.15, -0.1) is 16.4 Å². The van der Waals surface area contributed by atoms with Crippen LogP contribution in [-0.4, -0.2) is 79.2 Å². The van der Waals surface area contributed by atoms with E-state index in [0.717, 1.165) is 76.9 Å². The quantitative estimate of drug-likeness (QED) is 0.0401. The number of unbranched alkanes of at least 4 members (excludes halogenated alkanes) is 7. The monoisotopic (exact) mass is 999 g/mol. The summed E-state index contributed by atoms with van der Waals surface area (Å²) in [5, 5.41) is 26.8. The number of rotatable bonds is 20. The molecule has 3 atom stereocenters. The molecule has 4 aromatic carbocycles. The van der Waals surface area contributed by atoms with Crippen molar-refractivity contribution in [2.75, 3.05) is 22.9 Å². The number of benzene rings is 4. The van der Waals surface area contributed by atoms with Crippen LogP contribution in [-0.2, 0) is 20.9 Å². The van der Waals surface area contributed by atoms with Crippen molar-refractivity contribution in [3.8, 4) is 21.6 Å². The van der Waals surface area contributed by atoms with Crippen LogP contribution in [0.25, 0.3) is 32.5 Å². The summed E-state index contributed by atoms with van der Waals surface area (Å²) in [4.78, 5) is 73.5. The third kappa shape index (κ3) is 13.5. The van der Waals surface area contributed by atoms with E-state index < -0.39 is 35.5 Å². The van der Waals surface area contributed by atoms with Gasteiger partial charge in [-0.25, -0.2) is 14.2 Å². The van der Waals surface area contributed by atoms with Gasteiger partial charge in [0.05, 0.1) is 38.8 Å². The number of aromatic nitrogens is 3. The Bertz CT molecular complexity index is 2880. The van der Waals surface area contributed by atoms with E-state index in [1.54, 1.807) is 35.6 Å². The number of carbonyl (C=O) groups excluding carboxylic acids is 5. The fraction of sp³-hybridized carbons (Fsp3) is 0.400. The fourth-order valence-corrected chi connectivity index (χ4v) is 9.93. The number of amides is 5. The maximum atomic E-state index is 14.1. The molecule has 0 aliphatic carbocycles. The summed E-state index contributed by atoms with van der Waals surface area (Å²) in [6, 6.07) is 22.8. The van der Waals surface area contributed by atoms with Crippen molar-refractivity contribution in [2.45, 2.75) is 130 Å². The van der Waals surface area contributed by atoms with E-state index in [2.05, 4.69) is 31.3 Å². The number of likely N-dealkylation sites (tertiary alicyclic amines) is 1. The van der Waals surface area contributed by atoms with Gasteiger partial charge in [0.25, 0.3) is 0 Å². The number of urea groups is 1. The van der Waals surface area contributed by atoms with Crippen LogP contribution in [0.4, 0.5) is 26.4 Å². The lowest BCUT2D eigenvalue weighted by Gasteiger charge is -2.35. The minimum atomic E-state index is -0.877. The maximum absolute atomic E-state index is 14.1. The van der Waals surface area contributed by atoms with Crippen LogP contribution in [0.2, 0.25) is 0 Å². The predicted molar refractivity (Wildman–Crippen MR) is 282 cm³/mol. The van der Waals surface area contributed by atoms with Gasteiger partial charge in [-0.1, -0.05) is 114 Å². The predicted octanol–water partition coefficient (Wildman–Crippen LogP) is 10.2. The minimum Gasteiger partial charge on any atom is -0.391 e. The Kier molecular flexibility index (Phi) is 17.6. The smallest absolute Gasteiger partial charge is 0.323 e. The number of nitrogens with one attached hydrogen (secondary N) is 4. The summed E-state index contributed by atoms with van der Waals surface area (Å²) in [5.74, 6) is -1.38. The largest absolute Gasteiger partial charge is 0.391 e. The molecule has 6 aromatic rings. The SMILES string of the molecule is Cc1ccc(F)c(NC(=O)Nc2ccc(-c3cccc4c3c(N)nn4C(=O)CCCCCCCCCCC(=O)NC(C(=O)N3CC(O)CC3C(=O)NCc3ccc(-c4scnc4C)cc3)C(C)(C)C)cc2)c1. The Labute approximate surface area is 424 Å². The molecule has 17 heteroatoms. The zero-order valence-corrected chi connectivity index (χ0v) is 42.5. The molecule has 1 aliphatic heterocycles. The molecule has 7 N–H and O–H groups in total. The van der Waals surface area contributed by atoms with E-state index >= 15 is 0 Å². The molecule has 5 amide bonds. The molecular weight excluding hydrogens is 934 g/mol. The number of hydrogen-bond acceptors (Lipinski definition) is 10. The number of thiazole rings is 1. The highest BCUT2D eigenvalue weighted by molar-refractivity contribution is 7.13. The van der Waals surface area contributed by atoms with Gasteiger partial charge in [-0.05, 0) is 90.3 Å². The van der Waals surface area contributed by atoms with Crippen molar-refractivity contribution in [3.63, 3.8) is 0 Å². The van der Waals surface area contributed by atoms with E-state index in [4.69, 9.17) is 5.73 Å². The van der Waals surface area contributed by atoms with E-state index in [1.165, 1.54) is 15.6 Å². The zero-order valence-electron chi connectivity index (χ0n) is 41.7. The second-order valence-corrected chi connectivity index (χ2v) is 20.7. The van der Waals surface area contributed by atoms with Gasteiger partial charge in [-0.3, -0.25) is 19.2 Å². The summed E-state index contributed by atoms with van der Waals surface area (Å²) in [6.07, 6.45) is 6.90. The molecule has 2 aromatic heterocycles. The molecule has 0 radical (unpaired) electrons. The van der Waals surface area contributed by atoms with E-state index in [0.29, 0.717) is 35.9 Å². The molecule has 3 unspecified atom stereocenters. The van der Waals surface area contributed by atoms with Gasteiger partial charge >= 0.3 is 6.03 Å². The molecule has 0 spiro atoms. The number of nitrogen functional groups attached to an aromatic ring is 1. The molecule has 380 valence electrons. The van der Waals surface area contributed by atoms with Gasteiger partial charge < -0.3 is 37.0 Å². The first-order valence-electron chi connectivity index (χ1n) is 24.8. The first-order valence-corrected chi connectivity index (χ1v) is 25.6. The summed E-state index contributed by atoms with van der Waals surface area (Å²) in [6.45, 7) is 9.70. The number of fused-ring (bicyclic) bond motifs is 1. The Hall–Kier alpha value is -6.98. The number of aliphatic hydroxyl groups excluding tert-OH is 1. The van der Waals surface area contributed by atoms with E-state index in [-0.39, 0.29) is 61.1 Å². The molecular formula is C55H66FN9O6S. The molecule has 15 nitrogen and oxygen atoms in total. The second kappa shape index (κ2) is 24.0. The van der Waals surface area contributed by atoms with Crippen molar-refractivity contribution in [3.05, 3.63) is 113 Å². The van der Waals surface area contributed by atoms with Gasteiger partial charge in [0.15, 0.2) is 5.82 Å². The standard InChI is InChI=1S/C55H66FN9O6S/c1-34-19-28-42(56)43(29-34)61-54(71)60-39-26-24-37(25-27-39)41-15-14-16-44-48(41)51(57)63-65(44)47(68)18-13-11-9-7-6-8-10-12-17-46(67)62-50(55(3,4)5)53(70)64-32-40(66)30-45(64)52(69)58-31-36-20-22-38(23-21-36)49-35(2)59-33-72-49/h14-16,19-29,33,40,45,50,66H,6-13,17-18,30-32H2,1-5H3,(H2,57,63)(H,58,69)(H,62,67)(H2,60,61,71). The Balaban J connectivity index is 0.796. The summed E-state index contributed by atoms with van der Waals surface area (Å²) < 4.78 is 15.5. The van der Waals surface area contributed by atoms with Crippen LogP contribution < -0.4 is 27.0 Å². The topological polar surface area (TPSA) is 214 Å². The molecule has 0 bridgehead atoms. The second-order valence-electron chi connectivity index (χ2n) is 19.8. The van der Waals surface area contributed by atoms with Crippen molar-refractivity contribution >= 4 is 69.1 Å². The lowest BCUT2D eigenvalue weighted by atomic mass is 9.85. The van der Waals surface area contributed by atoms with Crippen LogP contribution in [0.3, 0.4) is 0 Å². The van der Waals surface area contributed by atoms with Crippen LogP contribution >= 0.6 is 11.3 Å². The van der Waals surface area contributed by atoms with Crippen molar-refractivity contribution in [2.24, 2.45) is 5.41 Å². The van der Waals surface area contributed by atoms with Crippen molar-refractivity contribution in [1.29, 1.82) is 0 Å². The first-order chi connectivity index (χ1) is 34.5. The number of β-amino-alcohol motifs (C(OH)–C–C–N with tert-alkyl or cyclic N) is 1. The van der Waals surface area contributed by atoms with Crippen LogP contribution in [0.1, 0.15) is 113 Å². The molecule has 72 heavy (non-hydrogen) atoms. The van der Waals surface area contributed by atoms with Crippen molar-refractivity contribution in [1.82, 2.24) is 30.3 Å². The molecule has 3 heterocycles. The van der Waals surface area contributed by atoms with Crippen LogP contribution in [0, 0.1) is 25.1 Å². The number of carbonyl (C=O) groups is 5. The maximum Gasteiger partial charge on any atom is 0.323 e. The number of nitrogens with zero attached hydrogens (tertiary/aromatic N) is 4. The van der Waals surface area contributed by atoms with Crippen LogP contribution in [0.15, 0.2) is 90.4 Å². The lowest BCUT2D eigenvalue weighted by Crippen LogP contribution is -2.57. The summed E-state index contributed by atoms with van der Waals surface area (Å²) in [5.41, 5.74) is 14.1. The number of anilines is 3. The third-order valence-corrected chi connectivity index (χ3v) is 14.0. The molecule has 1 saturated heterocycles. The summed E-state index contributed by atoms with van der Waals surface area (Å²) >= 11 is 1.58. The first kappa shape index (κ1) is 52.8. The highest BCUT2D eigenvalue weighted by Gasteiger charge is 2.44. The highest BCUT2D eigenvalue weighted by Crippen LogP contribution is 2.34. The average Bonchev–Trinajstić information content (AvgIpc) is 4.07. The average molecular weight is 1000 g/mol. The number of aliphatic hydroxyl groups is 1. The fourth-order valence-electron chi connectivity index (χ4n) is 9.12. The number of aryl methyl sites for hydroxylation is 2. The Morgan fingerprint density at radius 3 is 2.18 bits per heavy atom. The normalized spacial score (nSPS) is 15.1. The van der Waals surface area contributed by atoms with Gasteiger partial charge in [0, 0.05) is 38.0 Å². The van der Waals surface area contributed by atoms with Crippen LogP contribution in [0.5, 0.6) is 0 Å². The zero-order chi connectivity index (χ0) is 51.5. The van der Waals surface area contributed by atoms with Crippen molar-refractivity contribution < 1.29 is 33.5 Å². The number of hydrogen-bond donors (Lipinski definition) is 6. The Morgan fingerprint density at radius 2 is 1.51 bits per heavy atom. The minimum absolute atomic E-state index is 0.0141. The van der Waals surface area contributed by atoms with Gasteiger partial charge in [0.2, 0.25) is 23.6 Å². The lowest BCUT2D eigenvalue weighted by molar-refractivity contribution is -0.144. The van der Waals surface area contributed by atoms with E-state index in [9.17, 15) is 33.5 Å². The summed E-state index contributed by atoms with van der Waals surface area (Å²) in [7, 11) is 0. The Morgan fingerprint density at radius 1 is 0.847 bits per heavy atom. The molecule has 1 fully saturated rings. The highest BCUT2D eigenvalue weighted by atomic mass is 32.1. The number of halogens is 1. The third-order valence-electron chi connectivity index (χ3n) is 13.1. The van der Waals surface area contributed by atoms with Gasteiger partial charge in [-0.2, -0.15) is 4.68 Å².